The molecule has 0 amide bonds. The zero-order valence-corrected chi connectivity index (χ0v) is 13.5. The van der Waals surface area contributed by atoms with Gasteiger partial charge in [0.25, 0.3) is 0 Å². The Morgan fingerprint density at radius 1 is 1.25 bits per heavy atom. The molecule has 4 rings (SSSR count). The van der Waals surface area contributed by atoms with Gasteiger partial charge in [-0.1, -0.05) is 23.4 Å². The van der Waals surface area contributed by atoms with Crippen LogP contribution < -0.4 is 0 Å². The lowest BCUT2D eigenvalue weighted by Crippen LogP contribution is -2.05. The van der Waals surface area contributed by atoms with Gasteiger partial charge in [-0.15, -0.1) is 11.3 Å². The Kier molecular flexibility index (Phi) is 3.62. The minimum Gasteiger partial charge on any atom is -0.454 e. The number of esters is 1. The highest BCUT2D eigenvalue weighted by molar-refractivity contribution is 7.09. The summed E-state index contributed by atoms with van der Waals surface area (Å²) in [5.74, 6) is 0.589. The number of rotatable bonds is 4. The highest BCUT2D eigenvalue weighted by Crippen LogP contribution is 2.28. The standard InChI is InChI=1S/C17H12N2O4S/c1-10-18-13(9-24-10)17(20)21-8-12-7-16(23-19-12)15-6-11-4-2-3-5-14(11)22-15/h2-7,9H,8H2,1H3. The van der Waals surface area contributed by atoms with Crippen LogP contribution in [-0.2, 0) is 11.3 Å². The Morgan fingerprint density at radius 3 is 2.92 bits per heavy atom. The van der Waals surface area contributed by atoms with Crippen molar-refractivity contribution >= 4 is 28.3 Å². The lowest BCUT2D eigenvalue weighted by molar-refractivity contribution is 0.0458. The molecule has 0 spiro atoms. The van der Waals surface area contributed by atoms with Crippen molar-refractivity contribution in [3.05, 3.63) is 58.2 Å². The molecule has 0 fully saturated rings. The average molecular weight is 340 g/mol. The second-order valence-electron chi connectivity index (χ2n) is 5.16. The first-order chi connectivity index (χ1) is 11.7. The number of nitrogens with zero attached hydrogens (tertiary/aromatic N) is 2. The van der Waals surface area contributed by atoms with Crippen LogP contribution in [0.1, 0.15) is 21.2 Å². The first kappa shape index (κ1) is 14.6. The van der Waals surface area contributed by atoms with Gasteiger partial charge in [0.2, 0.25) is 5.76 Å². The zero-order chi connectivity index (χ0) is 16.5. The van der Waals surface area contributed by atoms with E-state index in [0.29, 0.717) is 22.9 Å². The predicted octanol–water partition coefficient (Wildman–Crippen LogP) is 4.21. The van der Waals surface area contributed by atoms with E-state index in [-0.39, 0.29) is 6.61 Å². The number of thiazole rings is 1. The number of hydrogen-bond donors (Lipinski definition) is 0. The summed E-state index contributed by atoms with van der Waals surface area (Å²) < 4.78 is 16.2. The Labute approximate surface area is 140 Å². The number of hydrogen-bond acceptors (Lipinski definition) is 7. The van der Waals surface area contributed by atoms with Crippen LogP contribution in [0.5, 0.6) is 0 Å². The molecule has 0 aliphatic heterocycles. The van der Waals surface area contributed by atoms with Crippen LogP contribution in [0, 0.1) is 6.92 Å². The zero-order valence-electron chi connectivity index (χ0n) is 12.7. The Bertz CT molecular complexity index is 981. The number of aryl methyl sites for hydroxylation is 1. The second kappa shape index (κ2) is 5.93. The third-order valence-electron chi connectivity index (χ3n) is 3.41. The van der Waals surface area contributed by atoms with Gasteiger partial charge in [0.15, 0.2) is 11.5 Å². The van der Waals surface area contributed by atoms with Crippen LogP contribution in [0.15, 0.2) is 50.7 Å². The topological polar surface area (TPSA) is 78.4 Å². The molecule has 3 heterocycles. The van der Waals surface area contributed by atoms with E-state index >= 15 is 0 Å². The summed E-state index contributed by atoms with van der Waals surface area (Å²) >= 11 is 1.40. The molecule has 3 aromatic heterocycles. The average Bonchev–Trinajstić information content (AvgIpc) is 3.31. The van der Waals surface area contributed by atoms with Gasteiger partial charge in [-0.2, -0.15) is 0 Å². The Balaban J connectivity index is 1.47. The number of fused-ring (bicyclic) bond motifs is 1. The van der Waals surface area contributed by atoms with E-state index in [0.717, 1.165) is 16.0 Å². The Morgan fingerprint density at radius 2 is 2.12 bits per heavy atom. The molecule has 24 heavy (non-hydrogen) atoms. The van der Waals surface area contributed by atoms with E-state index in [2.05, 4.69) is 10.1 Å². The molecule has 0 saturated heterocycles. The molecule has 0 aliphatic carbocycles. The van der Waals surface area contributed by atoms with Gasteiger partial charge in [0.05, 0.1) is 5.01 Å². The number of carbonyl (C=O) groups excluding carboxylic acids is 1. The van der Waals surface area contributed by atoms with E-state index in [9.17, 15) is 4.79 Å². The Hall–Kier alpha value is -2.93. The van der Waals surface area contributed by atoms with Crippen molar-refractivity contribution in [1.82, 2.24) is 10.1 Å². The molecule has 0 bridgehead atoms. The van der Waals surface area contributed by atoms with Crippen molar-refractivity contribution in [2.24, 2.45) is 0 Å². The lowest BCUT2D eigenvalue weighted by Gasteiger charge is -1.98. The molecule has 0 N–H and O–H groups in total. The van der Waals surface area contributed by atoms with E-state index < -0.39 is 5.97 Å². The summed E-state index contributed by atoms with van der Waals surface area (Å²) in [4.78, 5) is 16.0. The fourth-order valence-corrected chi connectivity index (χ4v) is 2.85. The number of furan rings is 1. The van der Waals surface area contributed by atoms with Gasteiger partial charge in [0.1, 0.15) is 17.9 Å². The number of benzene rings is 1. The minimum absolute atomic E-state index is 0.0130. The first-order valence-corrected chi connectivity index (χ1v) is 8.11. The second-order valence-corrected chi connectivity index (χ2v) is 6.22. The van der Waals surface area contributed by atoms with Gasteiger partial charge < -0.3 is 13.7 Å². The SMILES string of the molecule is Cc1nc(C(=O)OCc2cc(-c3cc4ccccc4o3)on2)cs1. The summed E-state index contributed by atoms with van der Waals surface area (Å²) in [6, 6.07) is 11.3. The first-order valence-electron chi connectivity index (χ1n) is 7.23. The lowest BCUT2D eigenvalue weighted by atomic mass is 10.2. The summed E-state index contributed by atoms with van der Waals surface area (Å²) in [6.07, 6.45) is 0. The summed E-state index contributed by atoms with van der Waals surface area (Å²) in [6.45, 7) is 1.85. The summed E-state index contributed by atoms with van der Waals surface area (Å²) in [5, 5.41) is 7.37. The molecule has 4 aromatic rings. The van der Waals surface area contributed by atoms with Gasteiger partial charge in [0, 0.05) is 16.8 Å². The van der Waals surface area contributed by atoms with Crippen molar-refractivity contribution in [3.8, 4) is 11.5 Å². The van der Waals surface area contributed by atoms with Gasteiger partial charge in [-0.3, -0.25) is 0 Å². The van der Waals surface area contributed by atoms with Crippen LogP contribution in [0.3, 0.4) is 0 Å². The molecule has 7 heteroatoms. The molecule has 6 nitrogen and oxygen atoms in total. The highest BCUT2D eigenvalue weighted by Gasteiger charge is 2.15. The summed E-state index contributed by atoms with van der Waals surface area (Å²) in [7, 11) is 0. The van der Waals surface area contributed by atoms with Crippen molar-refractivity contribution in [2.75, 3.05) is 0 Å². The smallest absolute Gasteiger partial charge is 0.358 e. The van der Waals surface area contributed by atoms with E-state index in [4.69, 9.17) is 13.7 Å². The molecule has 0 saturated carbocycles. The molecular weight excluding hydrogens is 328 g/mol. The van der Waals surface area contributed by atoms with Crippen molar-refractivity contribution in [3.63, 3.8) is 0 Å². The van der Waals surface area contributed by atoms with Crippen LogP contribution in [0.25, 0.3) is 22.5 Å². The largest absolute Gasteiger partial charge is 0.454 e. The third kappa shape index (κ3) is 2.81. The van der Waals surface area contributed by atoms with Crippen molar-refractivity contribution in [1.29, 1.82) is 0 Å². The molecule has 0 radical (unpaired) electrons. The number of aromatic nitrogens is 2. The van der Waals surface area contributed by atoms with E-state index in [1.807, 2.05) is 37.3 Å². The normalized spacial score (nSPS) is 11.0. The maximum absolute atomic E-state index is 11.9. The number of para-hydroxylation sites is 1. The molecular formula is C17H12N2O4S. The van der Waals surface area contributed by atoms with Crippen LogP contribution in [-0.4, -0.2) is 16.1 Å². The molecule has 120 valence electrons. The fraction of sp³-hybridized carbons (Fsp3) is 0.118. The van der Waals surface area contributed by atoms with Crippen molar-refractivity contribution in [2.45, 2.75) is 13.5 Å². The monoisotopic (exact) mass is 340 g/mol. The van der Waals surface area contributed by atoms with Crippen LogP contribution in [0.2, 0.25) is 0 Å². The van der Waals surface area contributed by atoms with E-state index in [1.54, 1.807) is 11.4 Å². The highest BCUT2D eigenvalue weighted by atomic mass is 32.1. The molecule has 1 aromatic carbocycles. The van der Waals surface area contributed by atoms with Crippen LogP contribution >= 0.6 is 11.3 Å². The van der Waals surface area contributed by atoms with Gasteiger partial charge in [-0.05, 0) is 19.1 Å². The third-order valence-corrected chi connectivity index (χ3v) is 4.18. The molecule has 0 atom stereocenters. The quantitative estimate of drug-likeness (QED) is 0.518. The maximum atomic E-state index is 11.9. The predicted molar refractivity (Wildman–Crippen MR) is 87.7 cm³/mol. The fourth-order valence-electron chi connectivity index (χ4n) is 2.27. The maximum Gasteiger partial charge on any atom is 0.358 e. The van der Waals surface area contributed by atoms with E-state index in [1.165, 1.54) is 11.3 Å². The minimum atomic E-state index is -0.479. The number of ether oxygens (including phenoxy) is 1. The summed E-state index contributed by atoms with van der Waals surface area (Å²) in [5.41, 5.74) is 1.58. The molecule has 0 aliphatic rings. The van der Waals surface area contributed by atoms with Gasteiger partial charge >= 0.3 is 5.97 Å². The van der Waals surface area contributed by atoms with Crippen molar-refractivity contribution < 1.29 is 18.5 Å². The van der Waals surface area contributed by atoms with Crippen LogP contribution in [0.4, 0.5) is 0 Å². The van der Waals surface area contributed by atoms with Gasteiger partial charge in [-0.25, -0.2) is 9.78 Å². The molecule has 0 unspecified atom stereocenters. The number of carbonyl (C=O) groups is 1.